The first kappa shape index (κ1) is 10.9. The average molecular weight is 178 g/mol. The molecule has 0 aromatic carbocycles. The summed E-state index contributed by atoms with van der Waals surface area (Å²) < 4.78 is 21.4. The second-order valence-electron chi connectivity index (χ2n) is 2.79. The van der Waals surface area contributed by atoms with Crippen molar-refractivity contribution in [2.24, 2.45) is 0 Å². The summed E-state index contributed by atoms with van der Waals surface area (Å²) >= 11 is 0. The molecule has 0 saturated heterocycles. The van der Waals surface area contributed by atoms with E-state index in [1.54, 1.807) is 0 Å². The molecule has 0 fully saturated rings. The number of sulfone groups is 1. The van der Waals surface area contributed by atoms with Crippen LogP contribution in [0.2, 0.25) is 0 Å². The van der Waals surface area contributed by atoms with Gasteiger partial charge in [-0.3, -0.25) is 0 Å². The topological polar surface area (TPSA) is 37.4 Å². The normalized spacial score (nSPS) is 12.4. The van der Waals surface area contributed by atoms with Gasteiger partial charge in [-0.05, 0) is 20.0 Å². The Balaban J connectivity index is 3.54. The van der Waals surface area contributed by atoms with Crippen molar-refractivity contribution in [3.63, 3.8) is 0 Å². The minimum atomic E-state index is -2.80. The fourth-order valence-corrected chi connectivity index (χ4v) is 1.35. The highest BCUT2D eigenvalue weighted by Crippen LogP contribution is 1.88. The highest BCUT2D eigenvalue weighted by atomic mass is 32.2. The molecule has 0 aliphatic rings. The van der Waals surface area contributed by atoms with E-state index in [2.05, 4.69) is 6.92 Å². The van der Waals surface area contributed by atoms with Crippen molar-refractivity contribution in [2.45, 2.75) is 6.42 Å². The van der Waals surface area contributed by atoms with E-state index in [0.29, 0.717) is 6.54 Å². The van der Waals surface area contributed by atoms with Crippen LogP contribution in [-0.2, 0) is 9.84 Å². The summed E-state index contributed by atoms with van der Waals surface area (Å²) in [7, 11) is -0.900. The van der Waals surface area contributed by atoms with Gasteiger partial charge in [0.25, 0.3) is 0 Å². The molecule has 4 heteroatoms. The van der Waals surface area contributed by atoms with Gasteiger partial charge in [-0.1, -0.05) is 6.92 Å². The second kappa shape index (κ2) is 4.72. The van der Waals surface area contributed by atoms with Gasteiger partial charge < -0.3 is 4.90 Å². The zero-order chi connectivity index (χ0) is 8.91. The Morgan fingerprint density at radius 2 is 1.91 bits per heavy atom. The molecule has 1 radical (unpaired) electrons. The molecule has 0 saturated carbocycles. The predicted octanol–water partition coefficient (Wildman–Crippen LogP) is 0.187. The van der Waals surface area contributed by atoms with Gasteiger partial charge in [0.05, 0.1) is 5.75 Å². The Labute approximate surface area is 69.3 Å². The maximum atomic E-state index is 10.7. The van der Waals surface area contributed by atoms with Crippen LogP contribution in [0.3, 0.4) is 0 Å². The quantitative estimate of drug-likeness (QED) is 0.603. The number of hydrogen-bond acceptors (Lipinski definition) is 3. The third-order valence-electron chi connectivity index (χ3n) is 1.38. The molecule has 0 aliphatic carbocycles. The summed E-state index contributed by atoms with van der Waals surface area (Å²) in [5.74, 6) is 0.240. The molecule has 0 rings (SSSR count). The lowest BCUT2D eigenvalue weighted by Crippen LogP contribution is -2.25. The van der Waals surface area contributed by atoms with Crippen molar-refractivity contribution in [3.05, 3.63) is 6.92 Å². The highest BCUT2D eigenvalue weighted by Gasteiger charge is 2.03. The van der Waals surface area contributed by atoms with Crippen LogP contribution in [-0.4, -0.2) is 45.5 Å². The summed E-state index contributed by atoms with van der Waals surface area (Å²) in [6.45, 7) is 5.14. The molecule has 0 amide bonds. The molecule has 0 heterocycles. The molecule has 0 unspecified atom stereocenters. The Morgan fingerprint density at radius 1 is 1.36 bits per heavy atom. The van der Waals surface area contributed by atoms with Crippen LogP contribution < -0.4 is 0 Å². The summed E-state index contributed by atoms with van der Waals surface area (Å²) in [5.41, 5.74) is 0. The van der Waals surface area contributed by atoms with Gasteiger partial charge in [0.15, 0.2) is 0 Å². The SMILES string of the molecule is [CH2]CCN(C)CCS(C)(=O)=O. The molecule has 0 N–H and O–H groups in total. The summed E-state index contributed by atoms with van der Waals surface area (Å²) in [4.78, 5) is 1.97. The summed E-state index contributed by atoms with van der Waals surface area (Å²) in [5, 5.41) is 0. The van der Waals surface area contributed by atoms with Gasteiger partial charge in [-0.25, -0.2) is 8.42 Å². The third kappa shape index (κ3) is 7.81. The van der Waals surface area contributed by atoms with Gasteiger partial charge in [-0.15, -0.1) is 0 Å². The lowest BCUT2D eigenvalue weighted by Gasteiger charge is -2.13. The summed E-state index contributed by atoms with van der Waals surface area (Å²) in [6.07, 6.45) is 2.07. The van der Waals surface area contributed by atoms with Crippen LogP contribution in [0.4, 0.5) is 0 Å². The van der Waals surface area contributed by atoms with Crippen LogP contribution in [0.5, 0.6) is 0 Å². The van der Waals surface area contributed by atoms with E-state index in [4.69, 9.17) is 0 Å². The lowest BCUT2D eigenvalue weighted by molar-refractivity contribution is 0.360. The van der Waals surface area contributed by atoms with E-state index in [9.17, 15) is 8.42 Å². The number of hydrogen-bond donors (Lipinski definition) is 0. The number of nitrogens with zero attached hydrogens (tertiary/aromatic N) is 1. The van der Waals surface area contributed by atoms with Crippen LogP contribution >= 0.6 is 0 Å². The maximum absolute atomic E-state index is 10.7. The first-order valence-electron chi connectivity index (χ1n) is 3.61. The minimum Gasteiger partial charge on any atom is -0.305 e. The van der Waals surface area contributed by atoms with E-state index < -0.39 is 9.84 Å². The molecule has 0 bridgehead atoms. The van der Waals surface area contributed by atoms with Crippen molar-refractivity contribution < 1.29 is 8.42 Å². The molecular weight excluding hydrogens is 162 g/mol. The van der Waals surface area contributed by atoms with Crippen LogP contribution in [0.1, 0.15) is 6.42 Å². The maximum Gasteiger partial charge on any atom is 0.148 e. The Kier molecular flexibility index (Phi) is 4.68. The molecule has 0 aromatic heterocycles. The number of rotatable bonds is 5. The molecule has 67 valence electrons. The van der Waals surface area contributed by atoms with Crippen molar-refractivity contribution in [1.29, 1.82) is 0 Å². The van der Waals surface area contributed by atoms with Gasteiger partial charge in [-0.2, -0.15) is 0 Å². The van der Waals surface area contributed by atoms with Gasteiger partial charge in [0, 0.05) is 12.8 Å². The standard InChI is InChI=1S/C7H16NO2S/c1-4-5-8(2)6-7-11(3,9)10/h1,4-7H2,2-3H3. The summed E-state index contributed by atoms with van der Waals surface area (Å²) in [6, 6.07) is 0. The molecule has 0 atom stereocenters. The lowest BCUT2D eigenvalue weighted by atomic mass is 10.4. The zero-order valence-electron chi connectivity index (χ0n) is 7.21. The Hall–Kier alpha value is -0.0900. The second-order valence-corrected chi connectivity index (χ2v) is 5.05. The van der Waals surface area contributed by atoms with Crippen molar-refractivity contribution in [2.75, 3.05) is 32.1 Å². The van der Waals surface area contributed by atoms with Crippen molar-refractivity contribution in [3.8, 4) is 0 Å². The average Bonchev–Trinajstić information content (AvgIpc) is 1.83. The molecule has 0 aromatic rings. The largest absolute Gasteiger partial charge is 0.305 e. The highest BCUT2D eigenvalue weighted by molar-refractivity contribution is 7.90. The Morgan fingerprint density at radius 3 is 2.27 bits per heavy atom. The fraction of sp³-hybridized carbons (Fsp3) is 0.857. The third-order valence-corrected chi connectivity index (χ3v) is 2.31. The van der Waals surface area contributed by atoms with Crippen molar-refractivity contribution in [1.82, 2.24) is 4.90 Å². The van der Waals surface area contributed by atoms with E-state index in [1.807, 2.05) is 11.9 Å². The van der Waals surface area contributed by atoms with E-state index in [-0.39, 0.29) is 5.75 Å². The van der Waals surface area contributed by atoms with Crippen molar-refractivity contribution >= 4 is 9.84 Å². The van der Waals surface area contributed by atoms with Crippen LogP contribution in [0.25, 0.3) is 0 Å². The first-order valence-corrected chi connectivity index (χ1v) is 5.67. The predicted molar refractivity (Wildman–Crippen MR) is 47.2 cm³/mol. The van der Waals surface area contributed by atoms with Gasteiger partial charge in [0.2, 0.25) is 0 Å². The van der Waals surface area contributed by atoms with Crippen LogP contribution in [0.15, 0.2) is 0 Å². The fourth-order valence-electron chi connectivity index (χ4n) is 0.703. The molecular formula is C7H16NO2S. The molecule has 0 spiro atoms. The first-order chi connectivity index (χ1) is 4.95. The molecule has 0 aliphatic heterocycles. The van der Waals surface area contributed by atoms with E-state index >= 15 is 0 Å². The smallest absolute Gasteiger partial charge is 0.148 e. The zero-order valence-corrected chi connectivity index (χ0v) is 8.02. The van der Waals surface area contributed by atoms with Gasteiger partial charge in [0.1, 0.15) is 9.84 Å². The van der Waals surface area contributed by atoms with Crippen LogP contribution in [0, 0.1) is 6.92 Å². The monoisotopic (exact) mass is 178 g/mol. The minimum absolute atomic E-state index is 0.240. The molecule has 3 nitrogen and oxygen atoms in total. The van der Waals surface area contributed by atoms with E-state index in [0.717, 1.165) is 13.0 Å². The molecule has 11 heavy (non-hydrogen) atoms. The Bertz CT molecular complexity index is 187. The van der Waals surface area contributed by atoms with E-state index in [1.165, 1.54) is 6.26 Å². The van der Waals surface area contributed by atoms with Gasteiger partial charge >= 0.3 is 0 Å².